The summed E-state index contributed by atoms with van der Waals surface area (Å²) < 4.78 is 1.64. The third-order valence-electron chi connectivity index (χ3n) is 1.66. The van der Waals surface area contributed by atoms with Crippen LogP contribution in [0.15, 0.2) is 30.6 Å². The first-order chi connectivity index (χ1) is 5.79. The van der Waals surface area contributed by atoms with Crippen LogP contribution in [0.1, 0.15) is 10.4 Å². The van der Waals surface area contributed by atoms with Gasteiger partial charge in [0.1, 0.15) is 0 Å². The molecule has 0 saturated carbocycles. The quantitative estimate of drug-likeness (QED) is 0.670. The summed E-state index contributed by atoms with van der Waals surface area (Å²) in [6.07, 6.45) is 3.31. The van der Waals surface area contributed by atoms with Crippen molar-refractivity contribution in [3.63, 3.8) is 0 Å². The summed E-state index contributed by atoms with van der Waals surface area (Å²) in [5, 5.41) is 3.73. The largest absolute Gasteiger partial charge is 0.282 e. The highest BCUT2D eigenvalue weighted by atomic mass is 32.1. The minimum atomic E-state index is -0.254. The minimum absolute atomic E-state index is 0.254. The van der Waals surface area contributed by atoms with E-state index >= 15 is 0 Å². The molecule has 2 aromatic rings. The summed E-state index contributed by atoms with van der Waals surface area (Å²) in [4.78, 5) is 10.9. The van der Waals surface area contributed by atoms with E-state index < -0.39 is 0 Å². The Kier molecular flexibility index (Phi) is 1.62. The molecule has 0 aromatic carbocycles. The van der Waals surface area contributed by atoms with Gasteiger partial charge in [-0.1, -0.05) is 6.07 Å². The van der Waals surface area contributed by atoms with Crippen molar-refractivity contribution >= 4 is 23.3 Å². The first kappa shape index (κ1) is 7.36. The number of thiol groups is 1. The minimum Gasteiger partial charge on any atom is -0.282 e. The van der Waals surface area contributed by atoms with Crippen molar-refractivity contribution in [1.82, 2.24) is 9.61 Å². The second kappa shape index (κ2) is 2.64. The highest BCUT2D eigenvalue weighted by Gasteiger charge is 2.06. The molecule has 4 heteroatoms. The highest BCUT2D eigenvalue weighted by molar-refractivity contribution is 7.97. The summed E-state index contributed by atoms with van der Waals surface area (Å²) in [7, 11) is 0. The fraction of sp³-hybridized carbons (Fsp3) is 0. The van der Waals surface area contributed by atoms with Crippen LogP contribution in [0.2, 0.25) is 0 Å². The Morgan fingerprint density at radius 3 is 3.08 bits per heavy atom. The predicted molar refractivity (Wildman–Crippen MR) is 48.5 cm³/mol. The summed E-state index contributed by atoms with van der Waals surface area (Å²) in [5.74, 6) is 0. The molecule has 0 aliphatic carbocycles. The van der Waals surface area contributed by atoms with E-state index in [1.54, 1.807) is 10.7 Å². The van der Waals surface area contributed by atoms with Crippen LogP contribution in [0.4, 0.5) is 0 Å². The maximum absolute atomic E-state index is 10.9. The number of carbonyl (C=O) groups is 1. The van der Waals surface area contributed by atoms with Crippen molar-refractivity contribution in [3.8, 4) is 0 Å². The zero-order chi connectivity index (χ0) is 8.55. The molecular weight excluding hydrogens is 172 g/mol. The van der Waals surface area contributed by atoms with Crippen LogP contribution in [-0.4, -0.2) is 14.7 Å². The van der Waals surface area contributed by atoms with Crippen molar-refractivity contribution in [2.75, 3.05) is 0 Å². The molecule has 0 amide bonds. The molecule has 0 atom stereocenters. The lowest BCUT2D eigenvalue weighted by atomic mass is 10.3. The van der Waals surface area contributed by atoms with Gasteiger partial charge in [-0.15, -0.1) is 12.6 Å². The number of hydrogen-bond donors (Lipinski definition) is 1. The monoisotopic (exact) mass is 178 g/mol. The van der Waals surface area contributed by atoms with Crippen LogP contribution in [-0.2, 0) is 0 Å². The fourth-order valence-electron chi connectivity index (χ4n) is 1.10. The topological polar surface area (TPSA) is 34.4 Å². The molecule has 60 valence electrons. The van der Waals surface area contributed by atoms with Crippen molar-refractivity contribution in [1.29, 1.82) is 0 Å². The van der Waals surface area contributed by atoms with Gasteiger partial charge in [0.25, 0.3) is 0 Å². The Morgan fingerprint density at radius 2 is 2.33 bits per heavy atom. The molecule has 2 rings (SSSR count). The third kappa shape index (κ3) is 1.00. The Labute approximate surface area is 74.4 Å². The Hall–Kier alpha value is -1.29. The van der Waals surface area contributed by atoms with Crippen molar-refractivity contribution < 1.29 is 4.79 Å². The number of hydrogen-bond acceptors (Lipinski definition) is 2. The molecule has 0 aliphatic rings. The lowest BCUT2D eigenvalue weighted by molar-refractivity contribution is 0.109. The van der Waals surface area contributed by atoms with Crippen molar-refractivity contribution in [2.24, 2.45) is 0 Å². The van der Waals surface area contributed by atoms with E-state index in [9.17, 15) is 4.79 Å². The number of fused-ring (bicyclic) bond motifs is 1. The van der Waals surface area contributed by atoms with E-state index in [1.807, 2.05) is 18.2 Å². The molecule has 0 fully saturated rings. The maximum atomic E-state index is 10.9. The first-order valence-corrected chi connectivity index (χ1v) is 3.89. The lowest BCUT2D eigenvalue weighted by Crippen LogP contribution is -1.88. The van der Waals surface area contributed by atoms with E-state index in [2.05, 4.69) is 17.7 Å². The Bertz CT molecular complexity index is 435. The number of rotatable bonds is 1. The number of aromatic nitrogens is 2. The third-order valence-corrected chi connectivity index (χ3v) is 1.90. The summed E-state index contributed by atoms with van der Waals surface area (Å²) in [6.45, 7) is 0. The van der Waals surface area contributed by atoms with E-state index in [0.29, 0.717) is 5.56 Å². The SMILES string of the molecule is O=C(S)c1cnn2ccccc12. The molecule has 0 unspecified atom stereocenters. The fourth-order valence-corrected chi connectivity index (χ4v) is 1.27. The van der Waals surface area contributed by atoms with Gasteiger partial charge in [-0.25, -0.2) is 4.52 Å². The molecule has 3 nitrogen and oxygen atoms in total. The van der Waals surface area contributed by atoms with Gasteiger partial charge in [0.15, 0.2) is 0 Å². The Balaban J connectivity index is 2.79. The molecule has 12 heavy (non-hydrogen) atoms. The second-order valence-electron chi connectivity index (χ2n) is 2.39. The van der Waals surface area contributed by atoms with Gasteiger partial charge in [-0.05, 0) is 12.1 Å². The standard InChI is InChI=1S/C8H6N2OS/c11-8(12)6-5-9-10-4-2-1-3-7(6)10/h1-5H,(H,11,12). The average Bonchev–Trinajstić information content (AvgIpc) is 2.47. The van der Waals surface area contributed by atoms with Crippen LogP contribution in [0, 0.1) is 0 Å². The predicted octanol–water partition coefficient (Wildman–Crippen LogP) is 1.40. The summed E-state index contributed by atoms with van der Waals surface area (Å²) >= 11 is 3.74. The average molecular weight is 178 g/mol. The molecule has 0 spiro atoms. The molecule has 0 N–H and O–H groups in total. The van der Waals surface area contributed by atoms with Gasteiger partial charge in [-0.2, -0.15) is 5.10 Å². The molecule has 0 saturated heterocycles. The van der Waals surface area contributed by atoms with Gasteiger partial charge < -0.3 is 0 Å². The van der Waals surface area contributed by atoms with Crippen molar-refractivity contribution in [2.45, 2.75) is 0 Å². The number of pyridine rings is 1. The second-order valence-corrected chi connectivity index (χ2v) is 2.80. The smallest absolute Gasteiger partial charge is 0.220 e. The van der Waals surface area contributed by atoms with E-state index in [0.717, 1.165) is 5.52 Å². The van der Waals surface area contributed by atoms with Crippen LogP contribution >= 0.6 is 12.6 Å². The summed E-state index contributed by atoms with van der Waals surface area (Å²) in [6, 6.07) is 5.54. The van der Waals surface area contributed by atoms with Gasteiger partial charge in [0.05, 0.1) is 17.3 Å². The zero-order valence-corrected chi connectivity index (χ0v) is 7.03. The van der Waals surface area contributed by atoms with E-state index in [-0.39, 0.29) is 5.12 Å². The zero-order valence-electron chi connectivity index (χ0n) is 6.14. The van der Waals surface area contributed by atoms with Crippen LogP contribution < -0.4 is 0 Å². The first-order valence-electron chi connectivity index (χ1n) is 3.45. The molecular formula is C8H6N2OS. The van der Waals surface area contributed by atoms with Gasteiger partial charge in [-0.3, -0.25) is 4.79 Å². The molecule has 2 aromatic heterocycles. The molecule has 0 bridgehead atoms. The molecule has 0 aliphatic heterocycles. The van der Waals surface area contributed by atoms with Gasteiger partial charge in [0.2, 0.25) is 5.12 Å². The maximum Gasteiger partial charge on any atom is 0.220 e. The highest BCUT2D eigenvalue weighted by Crippen LogP contribution is 2.11. The summed E-state index contributed by atoms with van der Waals surface area (Å²) in [5.41, 5.74) is 1.33. The van der Waals surface area contributed by atoms with Crippen LogP contribution in [0.3, 0.4) is 0 Å². The van der Waals surface area contributed by atoms with Crippen LogP contribution in [0.5, 0.6) is 0 Å². The van der Waals surface area contributed by atoms with E-state index in [1.165, 1.54) is 6.20 Å². The lowest BCUT2D eigenvalue weighted by Gasteiger charge is -1.91. The number of nitrogens with zero attached hydrogens (tertiary/aromatic N) is 2. The van der Waals surface area contributed by atoms with Gasteiger partial charge in [0, 0.05) is 6.20 Å². The number of carbonyl (C=O) groups excluding carboxylic acids is 1. The molecule has 2 heterocycles. The van der Waals surface area contributed by atoms with E-state index in [4.69, 9.17) is 0 Å². The van der Waals surface area contributed by atoms with Crippen LogP contribution in [0.25, 0.3) is 5.52 Å². The Morgan fingerprint density at radius 1 is 1.50 bits per heavy atom. The van der Waals surface area contributed by atoms with Crippen molar-refractivity contribution in [3.05, 3.63) is 36.2 Å². The normalized spacial score (nSPS) is 10.4. The molecule has 0 radical (unpaired) electrons. The van der Waals surface area contributed by atoms with Gasteiger partial charge >= 0.3 is 0 Å².